The minimum Gasteiger partial charge on any atom is -0.366 e. The number of morpholine rings is 1. The number of ether oxygens (including phenoxy) is 1. The normalized spacial score (nSPS) is 24.1. The Balaban J connectivity index is 0.00000132. The third-order valence-electron chi connectivity index (χ3n) is 3.82. The summed E-state index contributed by atoms with van der Waals surface area (Å²) in [6.45, 7) is 3.66. The number of carbonyl (C=O) groups is 1. The molecule has 2 atom stereocenters. The maximum absolute atomic E-state index is 12.2. The average molecular weight is 364 g/mol. The smallest absolute Gasteiger partial charge is 0.250 e. The summed E-state index contributed by atoms with van der Waals surface area (Å²) >= 11 is 0. The van der Waals surface area contributed by atoms with Crippen LogP contribution in [0, 0.1) is 0 Å². The van der Waals surface area contributed by atoms with Crippen molar-refractivity contribution in [3.63, 3.8) is 0 Å². The van der Waals surface area contributed by atoms with E-state index in [9.17, 15) is 4.79 Å². The summed E-state index contributed by atoms with van der Waals surface area (Å²) in [5, 5.41) is 6.26. The molecule has 2 N–H and O–H groups in total. The van der Waals surface area contributed by atoms with Crippen molar-refractivity contribution in [2.45, 2.75) is 25.0 Å². The molecule has 2 unspecified atom stereocenters. The van der Waals surface area contributed by atoms with Crippen LogP contribution in [0.2, 0.25) is 0 Å². The summed E-state index contributed by atoms with van der Waals surface area (Å²) in [7, 11) is 0. The van der Waals surface area contributed by atoms with Gasteiger partial charge in [0.15, 0.2) is 0 Å². The highest BCUT2D eigenvalue weighted by molar-refractivity contribution is 5.85. The zero-order valence-electron chi connectivity index (χ0n) is 12.8. The monoisotopic (exact) mass is 363 g/mol. The molecule has 3 rings (SSSR count). The maximum Gasteiger partial charge on any atom is 0.250 e. The zero-order valence-corrected chi connectivity index (χ0v) is 14.4. The standard InChI is InChI=1S/C14H21N5O2.2ClH/c20-13(12-9-15-6-8-21-12)18-11-3-1-7-19(10-11)14-16-4-2-5-17-14;;/h2,4-5,11-12,15H,1,3,6-10H2,(H,18,20);2*1H. The molecule has 1 aromatic rings. The van der Waals surface area contributed by atoms with E-state index in [4.69, 9.17) is 4.74 Å². The fraction of sp³-hybridized carbons (Fsp3) is 0.643. The number of carbonyl (C=O) groups excluding carboxylic acids is 1. The highest BCUT2D eigenvalue weighted by Crippen LogP contribution is 2.15. The number of anilines is 1. The number of amides is 1. The minimum atomic E-state index is -0.373. The second-order valence-corrected chi connectivity index (χ2v) is 5.41. The lowest BCUT2D eigenvalue weighted by molar-refractivity contribution is -0.135. The Morgan fingerprint density at radius 2 is 2.13 bits per heavy atom. The summed E-state index contributed by atoms with van der Waals surface area (Å²) < 4.78 is 5.48. The van der Waals surface area contributed by atoms with E-state index in [1.807, 2.05) is 0 Å². The van der Waals surface area contributed by atoms with Crippen LogP contribution in [-0.4, -0.2) is 60.8 Å². The lowest BCUT2D eigenvalue weighted by Gasteiger charge is -2.34. The van der Waals surface area contributed by atoms with Gasteiger partial charge < -0.3 is 20.3 Å². The van der Waals surface area contributed by atoms with Crippen molar-refractivity contribution in [1.29, 1.82) is 0 Å². The van der Waals surface area contributed by atoms with Gasteiger partial charge in [-0.15, -0.1) is 24.8 Å². The molecule has 0 radical (unpaired) electrons. The van der Waals surface area contributed by atoms with E-state index in [1.165, 1.54) is 0 Å². The minimum absolute atomic E-state index is 0. The van der Waals surface area contributed by atoms with Gasteiger partial charge in [-0.25, -0.2) is 9.97 Å². The molecular formula is C14H23Cl2N5O2. The van der Waals surface area contributed by atoms with Crippen molar-refractivity contribution in [2.75, 3.05) is 37.7 Å². The van der Waals surface area contributed by atoms with Gasteiger partial charge in [-0.3, -0.25) is 4.79 Å². The van der Waals surface area contributed by atoms with Gasteiger partial charge in [0.25, 0.3) is 5.91 Å². The second kappa shape index (κ2) is 9.87. The summed E-state index contributed by atoms with van der Waals surface area (Å²) in [5.41, 5.74) is 0. The lowest BCUT2D eigenvalue weighted by Crippen LogP contribution is -2.54. The van der Waals surface area contributed by atoms with Crippen molar-refractivity contribution in [3.8, 4) is 0 Å². The largest absolute Gasteiger partial charge is 0.366 e. The first-order chi connectivity index (χ1) is 10.3. The first kappa shape index (κ1) is 19.9. The molecule has 0 spiro atoms. The van der Waals surface area contributed by atoms with Gasteiger partial charge in [0.05, 0.1) is 6.61 Å². The molecule has 9 heteroatoms. The average Bonchev–Trinajstić information content (AvgIpc) is 2.57. The molecular weight excluding hydrogens is 341 g/mol. The Morgan fingerprint density at radius 3 is 2.83 bits per heavy atom. The second-order valence-electron chi connectivity index (χ2n) is 5.41. The first-order valence-corrected chi connectivity index (χ1v) is 7.47. The molecule has 3 heterocycles. The number of hydrogen-bond donors (Lipinski definition) is 2. The van der Waals surface area contributed by atoms with E-state index >= 15 is 0 Å². The molecule has 2 aliphatic heterocycles. The molecule has 2 fully saturated rings. The van der Waals surface area contributed by atoms with Crippen molar-refractivity contribution in [3.05, 3.63) is 18.5 Å². The van der Waals surface area contributed by atoms with E-state index in [0.717, 1.165) is 38.4 Å². The fourth-order valence-corrected chi connectivity index (χ4v) is 2.76. The van der Waals surface area contributed by atoms with Gasteiger partial charge in [-0.2, -0.15) is 0 Å². The Kier molecular flexibility index (Phi) is 8.54. The van der Waals surface area contributed by atoms with E-state index in [0.29, 0.717) is 13.2 Å². The molecule has 7 nitrogen and oxygen atoms in total. The molecule has 130 valence electrons. The van der Waals surface area contributed by atoms with Crippen molar-refractivity contribution < 1.29 is 9.53 Å². The number of piperidine rings is 1. The molecule has 0 bridgehead atoms. The predicted octanol–water partition coefficient (Wildman–Crippen LogP) is 0.394. The van der Waals surface area contributed by atoms with Gasteiger partial charge in [0.1, 0.15) is 6.10 Å². The lowest BCUT2D eigenvalue weighted by atomic mass is 10.1. The van der Waals surface area contributed by atoms with Crippen LogP contribution in [-0.2, 0) is 9.53 Å². The maximum atomic E-state index is 12.2. The number of hydrogen-bond acceptors (Lipinski definition) is 6. The highest BCUT2D eigenvalue weighted by Gasteiger charge is 2.27. The summed E-state index contributed by atoms with van der Waals surface area (Å²) in [4.78, 5) is 22.8. The highest BCUT2D eigenvalue weighted by atomic mass is 35.5. The number of nitrogens with zero attached hydrogens (tertiary/aromatic N) is 3. The first-order valence-electron chi connectivity index (χ1n) is 7.47. The molecule has 0 aliphatic carbocycles. The molecule has 0 saturated carbocycles. The summed E-state index contributed by atoms with van der Waals surface area (Å²) in [6, 6.07) is 1.93. The Labute approximate surface area is 148 Å². The fourth-order valence-electron chi connectivity index (χ4n) is 2.76. The number of halogens is 2. The molecule has 1 amide bonds. The van der Waals surface area contributed by atoms with Crippen LogP contribution in [0.25, 0.3) is 0 Å². The van der Waals surface area contributed by atoms with E-state index in [-0.39, 0.29) is 42.9 Å². The van der Waals surface area contributed by atoms with Crippen molar-refractivity contribution in [1.82, 2.24) is 20.6 Å². The van der Waals surface area contributed by atoms with Gasteiger partial charge in [-0.1, -0.05) is 0 Å². The van der Waals surface area contributed by atoms with E-state index in [2.05, 4.69) is 25.5 Å². The van der Waals surface area contributed by atoms with Crippen LogP contribution < -0.4 is 15.5 Å². The third-order valence-corrected chi connectivity index (χ3v) is 3.82. The SMILES string of the molecule is Cl.Cl.O=C(NC1CCCN(c2ncccn2)C1)C1CNCCO1. The van der Waals surface area contributed by atoms with Gasteiger partial charge in [0, 0.05) is 44.6 Å². The molecule has 2 aliphatic rings. The zero-order chi connectivity index (χ0) is 14.5. The Bertz CT molecular complexity index is 473. The Hall–Kier alpha value is -1.15. The molecule has 2 saturated heterocycles. The van der Waals surface area contributed by atoms with Crippen LogP contribution in [0.4, 0.5) is 5.95 Å². The number of aromatic nitrogens is 2. The van der Waals surface area contributed by atoms with Gasteiger partial charge >= 0.3 is 0 Å². The summed E-state index contributed by atoms with van der Waals surface area (Å²) in [5.74, 6) is 0.704. The number of nitrogens with one attached hydrogen (secondary N) is 2. The third kappa shape index (κ3) is 5.46. The van der Waals surface area contributed by atoms with E-state index in [1.54, 1.807) is 18.5 Å². The van der Waals surface area contributed by atoms with E-state index < -0.39 is 0 Å². The topological polar surface area (TPSA) is 79.4 Å². The van der Waals surface area contributed by atoms with Crippen LogP contribution in [0.15, 0.2) is 18.5 Å². The van der Waals surface area contributed by atoms with Crippen LogP contribution in [0.3, 0.4) is 0 Å². The molecule has 1 aromatic heterocycles. The summed E-state index contributed by atoms with van der Waals surface area (Å²) in [6.07, 6.45) is 5.11. The van der Waals surface area contributed by atoms with Crippen LogP contribution in [0.5, 0.6) is 0 Å². The van der Waals surface area contributed by atoms with Crippen LogP contribution in [0.1, 0.15) is 12.8 Å². The van der Waals surface area contributed by atoms with Crippen molar-refractivity contribution in [2.24, 2.45) is 0 Å². The van der Waals surface area contributed by atoms with Crippen LogP contribution >= 0.6 is 24.8 Å². The Morgan fingerprint density at radius 1 is 1.35 bits per heavy atom. The quantitative estimate of drug-likeness (QED) is 0.808. The van der Waals surface area contributed by atoms with Gasteiger partial charge in [0.2, 0.25) is 5.95 Å². The molecule has 0 aromatic carbocycles. The predicted molar refractivity (Wildman–Crippen MR) is 92.5 cm³/mol. The molecule has 23 heavy (non-hydrogen) atoms. The van der Waals surface area contributed by atoms with Gasteiger partial charge in [-0.05, 0) is 18.9 Å². The van der Waals surface area contributed by atoms with Crippen molar-refractivity contribution >= 4 is 36.7 Å². The number of rotatable bonds is 3.